The lowest BCUT2D eigenvalue weighted by Gasteiger charge is -2.42. The number of carbonyl (C=O) groups is 3. The van der Waals surface area contributed by atoms with Crippen molar-refractivity contribution < 1.29 is 14.4 Å². The lowest BCUT2D eigenvalue weighted by molar-refractivity contribution is -0.125. The molecule has 1 fully saturated rings. The molecule has 0 aromatic heterocycles. The van der Waals surface area contributed by atoms with Gasteiger partial charge in [0, 0.05) is 5.69 Å². The van der Waals surface area contributed by atoms with Crippen LogP contribution in [-0.4, -0.2) is 23.0 Å². The molecule has 5 rings (SSSR count). The molecule has 0 saturated carbocycles. The van der Waals surface area contributed by atoms with Gasteiger partial charge in [-0.15, -0.1) is 0 Å². The zero-order valence-corrected chi connectivity index (χ0v) is 18.7. The number of hydrazine groups is 1. The van der Waals surface area contributed by atoms with Crippen molar-refractivity contribution in [3.8, 4) is 0 Å². The Labute approximate surface area is 202 Å². The van der Waals surface area contributed by atoms with E-state index in [1.807, 2.05) is 24.3 Å². The Bertz CT molecular complexity index is 1310. The van der Waals surface area contributed by atoms with E-state index < -0.39 is 23.5 Å². The van der Waals surface area contributed by atoms with Crippen molar-refractivity contribution in [3.05, 3.63) is 132 Å². The van der Waals surface area contributed by atoms with E-state index in [0.717, 1.165) is 0 Å². The molecule has 0 aliphatic carbocycles. The number of rotatable bonds is 5. The molecule has 4 aromatic carbocycles. The summed E-state index contributed by atoms with van der Waals surface area (Å²) in [6, 6.07) is 34.3. The summed E-state index contributed by atoms with van der Waals surface area (Å²) in [4.78, 5) is 41.0. The van der Waals surface area contributed by atoms with Crippen molar-refractivity contribution in [2.75, 3.05) is 10.3 Å². The molecule has 1 heterocycles. The largest absolute Gasteiger partial charge is 0.345 e. The lowest BCUT2D eigenvalue weighted by Crippen LogP contribution is -2.59. The first-order chi connectivity index (χ1) is 17.1. The zero-order valence-electron chi connectivity index (χ0n) is 18.7. The van der Waals surface area contributed by atoms with Gasteiger partial charge in [0.15, 0.2) is 5.54 Å². The average molecular weight is 463 g/mol. The van der Waals surface area contributed by atoms with Crippen molar-refractivity contribution in [1.82, 2.24) is 10.3 Å². The van der Waals surface area contributed by atoms with Crippen LogP contribution in [0.25, 0.3) is 0 Å². The van der Waals surface area contributed by atoms with Crippen LogP contribution in [-0.2, 0) is 10.3 Å². The lowest BCUT2D eigenvalue weighted by atomic mass is 9.82. The smallest absolute Gasteiger partial charge is 0.306 e. The van der Waals surface area contributed by atoms with Gasteiger partial charge in [0.05, 0.1) is 5.69 Å². The summed E-state index contributed by atoms with van der Waals surface area (Å²) in [5, 5.41) is 7.72. The number of hydrogen-bond acceptors (Lipinski definition) is 3. The third-order valence-electron chi connectivity index (χ3n) is 5.86. The van der Waals surface area contributed by atoms with E-state index in [1.165, 1.54) is 10.0 Å². The number of anilines is 2. The molecule has 4 aromatic rings. The van der Waals surface area contributed by atoms with Gasteiger partial charge >= 0.3 is 12.1 Å². The van der Waals surface area contributed by atoms with E-state index in [-0.39, 0.29) is 0 Å². The molecule has 2 N–H and O–H groups in total. The number of carbonyl (C=O) groups excluding carboxylic acids is 3. The van der Waals surface area contributed by atoms with Gasteiger partial charge in [0.1, 0.15) is 0 Å². The third-order valence-corrected chi connectivity index (χ3v) is 5.86. The van der Waals surface area contributed by atoms with Crippen LogP contribution in [0.5, 0.6) is 0 Å². The Morgan fingerprint density at radius 2 is 1.14 bits per heavy atom. The molecule has 1 aliphatic rings. The minimum atomic E-state index is -1.62. The third kappa shape index (κ3) is 3.79. The molecule has 0 atom stereocenters. The molecule has 0 unspecified atom stereocenters. The predicted octanol–water partition coefficient (Wildman–Crippen LogP) is 5.14. The van der Waals surface area contributed by atoms with Gasteiger partial charge in [0.25, 0.3) is 5.91 Å². The normalized spacial score (nSPS) is 14.3. The second kappa shape index (κ2) is 9.15. The van der Waals surface area contributed by atoms with Crippen LogP contribution in [0.2, 0.25) is 0 Å². The Hall–Kier alpha value is -4.91. The Morgan fingerprint density at radius 1 is 0.686 bits per heavy atom. The van der Waals surface area contributed by atoms with Crippen molar-refractivity contribution in [2.45, 2.75) is 5.54 Å². The fraction of sp³-hybridized carbons (Fsp3) is 0.0357. The highest BCUT2D eigenvalue weighted by Gasteiger charge is 2.59. The number of nitrogens with zero attached hydrogens (tertiary/aromatic N) is 2. The molecular weight excluding hydrogens is 440 g/mol. The number of benzene rings is 4. The first kappa shape index (κ1) is 21.9. The molecule has 0 bridgehead atoms. The van der Waals surface area contributed by atoms with Gasteiger partial charge < -0.3 is 5.32 Å². The Morgan fingerprint density at radius 3 is 1.66 bits per heavy atom. The summed E-state index contributed by atoms with van der Waals surface area (Å²) in [6.07, 6.45) is 0. The number of para-hydroxylation sites is 2. The number of nitrogens with one attached hydrogen (secondary N) is 2. The molecule has 1 aliphatic heterocycles. The van der Waals surface area contributed by atoms with Crippen molar-refractivity contribution in [3.63, 3.8) is 0 Å². The van der Waals surface area contributed by atoms with Crippen LogP contribution >= 0.6 is 0 Å². The monoisotopic (exact) mass is 462 g/mol. The number of urea groups is 2. The second-order valence-electron chi connectivity index (χ2n) is 7.96. The van der Waals surface area contributed by atoms with Crippen molar-refractivity contribution in [2.24, 2.45) is 0 Å². The highest BCUT2D eigenvalue weighted by molar-refractivity contribution is 6.13. The van der Waals surface area contributed by atoms with E-state index in [2.05, 4.69) is 10.6 Å². The Kier molecular flexibility index (Phi) is 5.73. The molecule has 1 saturated heterocycles. The topological polar surface area (TPSA) is 81.8 Å². The highest BCUT2D eigenvalue weighted by atomic mass is 16.2. The van der Waals surface area contributed by atoms with E-state index in [0.29, 0.717) is 22.5 Å². The van der Waals surface area contributed by atoms with Crippen LogP contribution < -0.4 is 15.6 Å². The molecule has 35 heavy (non-hydrogen) atoms. The molecular formula is C28H22N4O3. The summed E-state index contributed by atoms with van der Waals surface area (Å²) in [5.41, 5.74) is 0.436. The van der Waals surface area contributed by atoms with Crippen molar-refractivity contribution >= 4 is 29.3 Å². The molecule has 7 heteroatoms. The van der Waals surface area contributed by atoms with Crippen LogP contribution in [0.3, 0.4) is 0 Å². The van der Waals surface area contributed by atoms with Crippen LogP contribution in [0.1, 0.15) is 11.1 Å². The minimum absolute atomic E-state index is 0.419. The zero-order chi connectivity index (χ0) is 24.3. The predicted molar refractivity (Wildman–Crippen MR) is 133 cm³/mol. The molecule has 5 amide bonds. The van der Waals surface area contributed by atoms with Crippen LogP contribution in [0.4, 0.5) is 21.0 Å². The second-order valence-corrected chi connectivity index (χ2v) is 7.96. The van der Waals surface area contributed by atoms with Crippen LogP contribution in [0, 0.1) is 0 Å². The van der Waals surface area contributed by atoms with Gasteiger partial charge in [-0.25, -0.2) is 14.6 Å². The summed E-state index contributed by atoms with van der Waals surface area (Å²) < 4.78 is 0. The first-order valence-electron chi connectivity index (χ1n) is 11.1. The van der Waals surface area contributed by atoms with E-state index in [1.54, 1.807) is 97.1 Å². The van der Waals surface area contributed by atoms with Crippen LogP contribution in [0.15, 0.2) is 121 Å². The summed E-state index contributed by atoms with van der Waals surface area (Å²) in [6.45, 7) is 0. The maximum Gasteiger partial charge on any atom is 0.345 e. The summed E-state index contributed by atoms with van der Waals surface area (Å²) >= 11 is 0. The van der Waals surface area contributed by atoms with Gasteiger partial charge in [-0.1, -0.05) is 97.1 Å². The maximum atomic E-state index is 13.8. The fourth-order valence-electron chi connectivity index (χ4n) is 4.35. The molecule has 0 spiro atoms. The van der Waals surface area contributed by atoms with E-state index in [9.17, 15) is 14.4 Å². The van der Waals surface area contributed by atoms with Crippen molar-refractivity contribution in [1.29, 1.82) is 0 Å². The van der Waals surface area contributed by atoms with Gasteiger partial charge in [0.2, 0.25) is 0 Å². The molecule has 172 valence electrons. The Balaban J connectivity index is 1.74. The van der Waals surface area contributed by atoms with Gasteiger partial charge in [-0.05, 0) is 35.4 Å². The fourth-order valence-corrected chi connectivity index (χ4v) is 4.35. The summed E-state index contributed by atoms with van der Waals surface area (Å²) in [7, 11) is 0. The maximum absolute atomic E-state index is 13.8. The highest BCUT2D eigenvalue weighted by Crippen LogP contribution is 2.42. The standard InChI is InChI=1S/C28H22N4O3/c33-25-28(21-13-5-1-6-14-21,22-15-7-2-8-16-22)32(27(35)30-25)31(24-19-11-4-12-20-24)26(34)29-23-17-9-3-10-18-23/h1-20H,(H,29,34)(H,30,33,35). The van der Waals surface area contributed by atoms with E-state index in [4.69, 9.17) is 0 Å². The first-order valence-corrected chi connectivity index (χ1v) is 11.1. The average Bonchev–Trinajstić information content (AvgIpc) is 3.16. The quantitative estimate of drug-likeness (QED) is 0.403. The minimum Gasteiger partial charge on any atom is -0.306 e. The van der Waals surface area contributed by atoms with Gasteiger partial charge in [-0.2, -0.15) is 5.01 Å². The number of imide groups is 1. The van der Waals surface area contributed by atoms with E-state index >= 15 is 0 Å². The molecule has 0 radical (unpaired) electrons. The SMILES string of the molecule is O=C(Nc1ccccc1)N(c1ccccc1)N1C(=O)NC(=O)C1(c1ccccc1)c1ccccc1. The molecule has 7 nitrogen and oxygen atoms in total. The number of hydrogen-bond donors (Lipinski definition) is 2. The number of amides is 5. The summed E-state index contributed by atoms with van der Waals surface area (Å²) in [5.74, 6) is -0.548. The van der Waals surface area contributed by atoms with Gasteiger partial charge in [-0.3, -0.25) is 10.1 Å².